The Morgan fingerprint density at radius 2 is 2.00 bits per heavy atom. The fourth-order valence-electron chi connectivity index (χ4n) is 2.97. The maximum absolute atomic E-state index is 5.94. The molecule has 0 saturated carbocycles. The molecule has 2 heterocycles. The van der Waals surface area contributed by atoms with Crippen LogP contribution in [-0.2, 0) is 6.42 Å². The first-order valence-electron chi connectivity index (χ1n) is 6.88. The van der Waals surface area contributed by atoms with Crippen LogP contribution >= 0.6 is 23.4 Å². The van der Waals surface area contributed by atoms with Gasteiger partial charge in [-0.2, -0.15) is 0 Å². The minimum Gasteiger partial charge on any atom is -0.302 e. The van der Waals surface area contributed by atoms with Crippen molar-refractivity contribution in [3.63, 3.8) is 0 Å². The van der Waals surface area contributed by atoms with Crippen LogP contribution in [0.3, 0.4) is 0 Å². The second-order valence-corrected chi connectivity index (χ2v) is 7.10. The van der Waals surface area contributed by atoms with Gasteiger partial charge in [0.05, 0.1) is 0 Å². The van der Waals surface area contributed by atoms with E-state index in [1.165, 1.54) is 43.8 Å². The van der Waals surface area contributed by atoms with Gasteiger partial charge in [0, 0.05) is 22.6 Å². The van der Waals surface area contributed by atoms with Gasteiger partial charge >= 0.3 is 0 Å². The smallest absolute Gasteiger partial charge is 0.0263 e. The van der Waals surface area contributed by atoms with E-state index in [9.17, 15) is 0 Å². The maximum atomic E-state index is 5.94. The quantitative estimate of drug-likeness (QED) is 0.778. The molecular weight excluding hydrogens is 262 g/mol. The summed E-state index contributed by atoms with van der Waals surface area (Å²) in [5.74, 6) is 1.61. The summed E-state index contributed by atoms with van der Waals surface area (Å²) in [4.78, 5) is 4.13. The van der Waals surface area contributed by atoms with Gasteiger partial charge in [-0.3, -0.25) is 0 Å². The van der Waals surface area contributed by atoms with E-state index in [0.717, 1.165) is 17.0 Å². The Kier molecular flexibility index (Phi) is 4.17. The van der Waals surface area contributed by atoms with Gasteiger partial charge in [0.2, 0.25) is 0 Å². The molecule has 18 heavy (non-hydrogen) atoms. The van der Waals surface area contributed by atoms with Gasteiger partial charge in [0.1, 0.15) is 0 Å². The third-order valence-electron chi connectivity index (χ3n) is 4.10. The summed E-state index contributed by atoms with van der Waals surface area (Å²) in [5, 5.41) is 0.759. The van der Waals surface area contributed by atoms with Crippen LogP contribution in [0.4, 0.5) is 0 Å². The van der Waals surface area contributed by atoms with Crippen molar-refractivity contribution in [2.24, 2.45) is 5.92 Å². The molecule has 1 nitrogen and oxygen atoms in total. The third-order valence-corrected chi connectivity index (χ3v) is 5.84. The number of benzene rings is 1. The Hall–Kier alpha value is -0.180. The zero-order valence-corrected chi connectivity index (χ0v) is 12.2. The number of alkyl halides is 1. The van der Waals surface area contributed by atoms with Crippen LogP contribution in [-0.4, -0.2) is 35.7 Å². The zero-order valence-electron chi connectivity index (χ0n) is 10.6. The van der Waals surface area contributed by atoms with Crippen molar-refractivity contribution in [2.75, 3.05) is 25.5 Å². The summed E-state index contributed by atoms with van der Waals surface area (Å²) >= 11 is 8.01. The highest BCUT2D eigenvalue weighted by atomic mass is 35.5. The minimum atomic E-state index is 0.759. The Labute approximate surface area is 119 Å². The molecule has 1 saturated heterocycles. The number of nitrogens with zero attached hydrogens (tertiary/aromatic N) is 1. The molecule has 0 aromatic heterocycles. The molecule has 0 radical (unpaired) electrons. The monoisotopic (exact) mass is 281 g/mol. The van der Waals surface area contributed by atoms with E-state index < -0.39 is 0 Å². The molecule has 2 aliphatic heterocycles. The summed E-state index contributed by atoms with van der Waals surface area (Å²) in [5.41, 5.74) is 1.54. The average Bonchev–Trinajstić information content (AvgIpc) is 2.82. The predicted octanol–water partition coefficient (Wildman–Crippen LogP) is 3.65. The van der Waals surface area contributed by atoms with E-state index in [2.05, 4.69) is 40.9 Å². The fraction of sp³-hybridized carbons (Fsp3) is 0.600. The molecule has 1 unspecified atom stereocenters. The number of hydrogen-bond donors (Lipinski definition) is 0. The second-order valence-electron chi connectivity index (χ2n) is 5.45. The van der Waals surface area contributed by atoms with Gasteiger partial charge in [-0.15, -0.1) is 23.4 Å². The number of fused-ring (bicyclic) bond motifs is 1. The first kappa shape index (κ1) is 12.8. The number of hydrogen-bond acceptors (Lipinski definition) is 2. The molecular formula is C15H20ClNS. The normalized spacial score (nSPS) is 25.3. The Bertz CT molecular complexity index is 376. The van der Waals surface area contributed by atoms with Gasteiger partial charge in [-0.25, -0.2) is 0 Å². The van der Waals surface area contributed by atoms with E-state index in [0.29, 0.717) is 0 Å². The Balaban J connectivity index is 1.51. The van der Waals surface area contributed by atoms with Crippen molar-refractivity contribution in [3.05, 3.63) is 29.8 Å². The summed E-state index contributed by atoms with van der Waals surface area (Å²) in [7, 11) is 0. The van der Waals surface area contributed by atoms with Crippen LogP contribution in [0.1, 0.15) is 18.4 Å². The van der Waals surface area contributed by atoms with Gasteiger partial charge < -0.3 is 4.90 Å². The Morgan fingerprint density at radius 1 is 1.22 bits per heavy atom. The van der Waals surface area contributed by atoms with Gasteiger partial charge in [-0.05, 0) is 49.9 Å². The zero-order chi connectivity index (χ0) is 12.4. The topological polar surface area (TPSA) is 3.24 Å². The highest BCUT2D eigenvalue weighted by Gasteiger charge is 2.26. The fourth-order valence-corrected chi connectivity index (χ4v) is 4.64. The predicted molar refractivity (Wildman–Crippen MR) is 79.7 cm³/mol. The molecule has 98 valence electrons. The largest absolute Gasteiger partial charge is 0.302 e. The molecule has 0 amide bonds. The second kappa shape index (κ2) is 5.85. The molecule has 0 N–H and O–H groups in total. The molecule has 3 rings (SSSR count). The molecule has 1 fully saturated rings. The van der Waals surface area contributed by atoms with Crippen molar-refractivity contribution in [3.8, 4) is 0 Å². The molecule has 2 aliphatic rings. The number of likely N-dealkylation sites (tertiary alicyclic amines) is 1. The first-order valence-corrected chi connectivity index (χ1v) is 8.29. The molecule has 0 spiro atoms. The van der Waals surface area contributed by atoms with Crippen LogP contribution in [0, 0.1) is 5.92 Å². The molecule has 1 aromatic carbocycles. The third kappa shape index (κ3) is 2.87. The highest BCUT2D eigenvalue weighted by molar-refractivity contribution is 8.00. The SMILES string of the molecule is ClCC1CCN(CC2Cc3ccccc3S2)CC1. The van der Waals surface area contributed by atoms with Crippen molar-refractivity contribution in [1.82, 2.24) is 4.90 Å². The summed E-state index contributed by atoms with van der Waals surface area (Å²) in [6.45, 7) is 3.73. The number of halogens is 1. The van der Waals surface area contributed by atoms with Crippen LogP contribution < -0.4 is 0 Å². The molecule has 0 aliphatic carbocycles. The maximum Gasteiger partial charge on any atom is 0.0263 e. The van der Waals surface area contributed by atoms with Crippen LogP contribution in [0.15, 0.2) is 29.2 Å². The van der Waals surface area contributed by atoms with Gasteiger partial charge in [-0.1, -0.05) is 18.2 Å². The number of rotatable bonds is 3. The lowest BCUT2D eigenvalue weighted by molar-refractivity contribution is 0.194. The van der Waals surface area contributed by atoms with Crippen LogP contribution in [0.5, 0.6) is 0 Å². The van der Waals surface area contributed by atoms with E-state index in [1.54, 1.807) is 5.56 Å². The van der Waals surface area contributed by atoms with Gasteiger partial charge in [0.25, 0.3) is 0 Å². The lowest BCUT2D eigenvalue weighted by Gasteiger charge is -2.32. The van der Waals surface area contributed by atoms with E-state index >= 15 is 0 Å². The molecule has 1 atom stereocenters. The average molecular weight is 282 g/mol. The van der Waals surface area contributed by atoms with Crippen molar-refractivity contribution in [2.45, 2.75) is 29.4 Å². The van der Waals surface area contributed by atoms with Crippen molar-refractivity contribution in [1.29, 1.82) is 0 Å². The highest BCUT2D eigenvalue weighted by Crippen LogP contribution is 2.37. The van der Waals surface area contributed by atoms with Gasteiger partial charge in [0.15, 0.2) is 0 Å². The van der Waals surface area contributed by atoms with E-state index in [-0.39, 0.29) is 0 Å². The summed E-state index contributed by atoms with van der Waals surface area (Å²) in [6, 6.07) is 8.86. The lowest BCUT2D eigenvalue weighted by atomic mass is 9.98. The lowest BCUT2D eigenvalue weighted by Crippen LogP contribution is -2.38. The number of thioether (sulfide) groups is 1. The van der Waals surface area contributed by atoms with Crippen LogP contribution in [0.25, 0.3) is 0 Å². The number of piperidine rings is 1. The van der Waals surface area contributed by atoms with E-state index in [4.69, 9.17) is 11.6 Å². The van der Waals surface area contributed by atoms with E-state index in [1.807, 2.05) is 0 Å². The first-order chi connectivity index (χ1) is 8.85. The molecule has 0 bridgehead atoms. The van der Waals surface area contributed by atoms with Crippen molar-refractivity contribution >= 4 is 23.4 Å². The standard InChI is InChI=1S/C15H20ClNS/c16-10-12-5-7-17(8-6-12)11-14-9-13-3-1-2-4-15(13)18-14/h1-4,12,14H,5-11H2. The minimum absolute atomic E-state index is 0.759. The molecule has 3 heteroatoms. The van der Waals surface area contributed by atoms with Crippen molar-refractivity contribution < 1.29 is 0 Å². The summed E-state index contributed by atoms with van der Waals surface area (Å²) < 4.78 is 0. The Morgan fingerprint density at radius 3 is 2.72 bits per heavy atom. The summed E-state index contributed by atoms with van der Waals surface area (Å²) in [6.07, 6.45) is 3.82. The molecule has 1 aromatic rings. The van der Waals surface area contributed by atoms with Crippen LogP contribution in [0.2, 0.25) is 0 Å².